The molecule has 0 bridgehead atoms. The molecule has 0 aromatic heterocycles. The summed E-state index contributed by atoms with van der Waals surface area (Å²) >= 11 is 0. The van der Waals surface area contributed by atoms with Crippen LogP contribution in [-0.4, -0.2) is 252 Å². The summed E-state index contributed by atoms with van der Waals surface area (Å²) in [6.45, 7) is 28.9. The number of carbonyl (C=O) groups is 12. The van der Waals surface area contributed by atoms with Gasteiger partial charge in [-0.15, -0.1) is 0 Å². The van der Waals surface area contributed by atoms with Crippen LogP contribution in [-0.2, 0) is 67.0 Å². The summed E-state index contributed by atoms with van der Waals surface area (Å²) in [6, 6.07) is -15.7. The zero-order valence-corrected chi connectivity index (χ0v) is 59.6. The molecule has 0 saturated carbocycles. The first-order valence-electron chi connectivity index (χ1n) is 31.9. The first-order valence-corrected chi connectivity index (χ1v) is 31.9. The minimum absolute atomic E-state index is 0.0954. The van der Waals surface area contributed by atoms with Crippen molar-refractivity contribution >= 4 is 70.9 Å². The molecule has 1 unspecified atom stereocenters. The van der Waals surface area contributed by atoms with E-state index < -0.39 is 167 Å². The van der Waals surface area contributed by atoms with E-state index in [1.54, 1.807) is 74.5 Å². The summed E-state index contributed by atoms with van der Waals surface area (Å²) < 4.78 is 10.8. The van der Waals surface area contributed by atoms with Gasteiger partial charge in [-0.25, -0.2) is 4.79 Å². The zero-order valence-electron chi connectivity index (χ0n) is 59.6. The third-order valence-corrected chi connectivity index (χ3v) is 17.2. The van der Waals surface area contributed by atoms with Crippen molar-refractivity contribution in [2.24, 2.45) is 35.5 Å². The molecule has 0 aliphatic carbocycles. The van der Waals surface area contributed by atoms with Crippen molar-refractivity contribution < 1.29 is 72.1 Å². The molecular formula is C65H115N11O15. The quantitative estimate of drug-likeness (QED) is 0.0794. The van der Waals surface area contributed by atoms with Gasteiger partial charge in [0.15, 0.2) is 0 Å². The molecule has 1 rings (SSSR count). The highest BCUT2D eigenvalue weighted by molar-refractivity contribution is 6.07. The molecule has 13 atom stereocenters. The lowest BCUT2D eigenvalue weighted by atomic mass is 9.91. The van der Waals surface area contributed by atoms with Crippen LogP contribution in [0.15, 0.2) is 12.2 Å². The zero-order chi connectivity index (χ0) is 70.8. The van der Waals surface area contributed by atoms with Gasteiger partial charge in [0.05, 0.1) is 18.8 Å². The lowest BCUT2D eigenvalue weighted by Gasteiger charge is -2.41. The van der Waals surface area contributed by atoms with Crippen LogP contribution in [0.25, 0.3) is 0 Å². The van der Waals surface area contributed by atoms with Crippen LogP contribution in [0.3, 0.4) is 0 Å². The number of carbonyl (C=O) groups excluding carboxylic acids is 12. The number of aliphatic hydroxyl groups excluding tert-OH is 1. The largest absolute Gasteiger partial charge is 0.467 e. The Hall–Kier alpha value is -6.70. The number of nitrogens with one attached hydrogen (secondary N) is 4. The smallest absolute Gasteiger partial charge is 0.338 e. The molecule has 1 aliphatic rings. The minimum atomic E-state index is -2.09. The number of methoxy groups -OCH3 is 2. The summed E-state index contributed by atoms with van der Waals surface area (Å²) in [5.74, 6) is -12.7. The van der Waals surface area contributed by atoms with E-state index in [0.29, 0.717) is 0 Å². The van der Waals surface area contributed by atoms with Gasteiger partial charge in [0.2, 0.25) is 65.1 Å². The van der Waals surface area contributed by atoms with Crippen molar-refractivity contribution in [1.29, 1.82) is 0 Å². The summed E-state index contributed by atoms with van der Waals surface area (Å²) in [4.78, 5) is 184. The monoisotopic (exact) mass is 1290 g/mol. The van der Waals surface area contributed by atoms with Crippen molar-refractivity contribution in [3.63, 3.8) is 0 Å². The summed E-state index contributed by atoms with van der Waals surface area (Å²) in [6.07, 6.45) is 2.11. The van der Waals surface area contributed by atoms with E-state index in [1.165, 1.54) is 82.8 Å². The molecule has 26 nitrogen and oxygen atoms in total. The van der Waals surface area contributed by atoms with E-state index in [-0.39, 0.29) is 56.3 Å². The Balaban J connectivity index is 4.56. The predicted octanol–water partition coefficient (Wildman–Crippen LogP) is 2.58. The van der Waals surface area contributed by atoms with Crippen LogP contribution in [0.4, 0.5) is 0 Å². The molecule has 0 aromatic rings. The van der Waals surface area contributed by atoms with E-state index in [4.69, 9.17) is 9.47 Å². The average Bonchev–Trinajstić information content (AvgIpc) is 0.831. The maximum absolute atomic E-state index is 15.3. The lowest BCUT2D eigenvalue weighted by Crippen LogP contribution is -2.64. The molecule has 520 valence electrons. The first-order chi connectivity index (χ1) is 41.9. The van der Waals surface area contributed by atoms with Crippen LogP contribution in [0.2, 0.25) is 0 Å². The summed E-state index contributed by atoms with van der Waals surface area (Å²) in [5, 5.41) is 23.0. The van der Waals surface area contributed by atoms with Gasteiger partial charge < -0.3 is 70.1 Å². The molecule has 11 amide bonds. The number of esters is 1. The minimum Gasteiger partial charge on any atom is -0.467 e. The molecule has 0 spiro atoms. The molecule has 0 aromatic carbocycles. The Bertz CT molecular complexity index is 2560. The number of amides is 11. The van der Waals surface area contributed by atoms with Gasteiger partial charge >= 0.3 is 5.97 Å². The third kappa shape index (κ3) is 22.3. The van der Waals surface area contributed by atoms with Crippen molar-refractivity contribution in [1.82, 2.24) is 55.6 Å². The van der Waals surface area contributed by atoms with Gasteiger partial charge in [-0.2, -0.15) is 0 Å². The predicted molar refractivity (Wildman–Crippen MR) is 346 cm³/mol. The number of allylic oxidation sites excluding steroid dienone is 2. The average molecular weight is 1290 g/mol. The highest BCUT2D eigenvalue weighted by Gasteiger charge is 2.48. The second kappa shape index (κ2) is 36.5. The standard InChI is InChI=1S/C65H115N11O15/c1-27-29-30-40(13)52(77)50-56(81)68-43(28-2)58(83)76(24)51(64(89)90-25)63(88)73(21)47(34-65(16,17)91-26)55(80)69-48(38(9)10)61(86)70(18)44(31-35(3)4)54(79)66-41(14)53(78)67-42(15)57(82)71(19)45(32-36(5)6)59(84)72(20)46(33-37(7)8)60(85)74(22)49(39(11)12)62(87)75(50)23/h27,29,35-52,77H,28,30-34H2,1-26H3,(H,66,79)(H,67,78)(H,68,81)(H,69,80)/b29-27+/t40-,41+,42-,43+,44+,45+,46+,47+,48+,49+,50+,51?,52-/m1/s1. The molecule has 91 heavy (non-hydrogen) atoms. The van der Waals surface area contributed by atoms with E-state index in [2.05, 4.69) is 21.3 Å². The highest BCUT2D eigenvalue weighted by Crippen LogP contribution is 2.27. The number of aliphatic hydroxyl groups is 1. The summed E-state index contributed by atoms with van der Waals surface area (Å²) in [7, 11) is 11.7. The third-order valence-electron chi connectivity index (χ3n) is 17.2. The number of hydrogen-bond donors (Lipinski definition) is 5. The number of rotatable bonds is 17. The Morgan fingerprint density at radius 2 is 0.956 bits per heavy atom. The van der Waals surface area contributed by atoms with E-state index >= 15 is 24.0 Å². The Kier molecular flexibility index (Phi) is 33.0. The second-order valence-corrected chi connectivity index (χ2v) is 27.3. The van der Waals surface area contributed by atoms with Gasteiger partial charge in [0.1, 0.15) is 60.4 Å². The molecule has 26 heteroatoms. The maximum Gasteiger partial charge on any atom is 0.338 e. The highest BCUT2D eigenvalue weighted by atomic mass is 16.5. The Labute approximate surface area is 542 Å². The molecule has 1 aliphatic heterocycles. The van der Waals surface area contributed by atoms with Gasteiger partial charge in [-0.05, 0) is 102 Å². The fourth-order valence-electron chi connectivity index (χ4n) is 11.2. The van der Waals surface area contributed by atoms with Crippen LogP contribution in [0, 0.1) is 35.5 Å². The van der Waals surface area contributed by atoms with Gasteiger partial charge in [0, 0.05) is 62.9 Å². The first kappa shape index (κ1) is 82.3. The number of ether oxygens (including phenoxy) is 2. The molecule has 1 heterocycles. The van der Waals surface area contributed by atoms with Crippen LogP contribution in [0.5, 0.6) is 0 Å². The van der Waals surface area contributed by atoms with Crippen molar-refractivity contribution in [3.8, 4) is 0 Å². The van der Waals surface area contributed by atoms with Gasteiger partial charge in [-0.3, -0.25) is 52.7 Å². The van der Waals surface area contributed by atoms with Gasteiger partial charge in [-0.1, -0.05) is 95.2 Å². The lowest BCUT2D eigenvalue weighted by molar-refractivity contribution is -0.162. The topological polar surface area (TPSA) is 314 Å². The van der Waals surface area contributed by atoms with Crippen LogP contribution >= 0.6 is 0 Å². The Morgan fingerprint density at radius 1 is 0.516 bits per heavy atom. The maximum atomic E-state index is 15.3. The molecule has 1 fully saturated rings. The van der Waals surface area contributed by atoms with E-state index in [1.807, 2.05) is 41.5 Å². The van der Waals surface area contributed by atoms with Crippen LogP contribution < -0.4 is 21.3 Å². The molecular weight excluding hydrogens is 1170 g/mol. The fraction of sp³-hybridized carbons (Fsp3) is 0.785. The van der Waals surface area contributed by atoms with Crippen molar-refractivity contribution in [2.45, 2.75) is 234 Å². The SMILES string of the molecule is C/C=C/C[C@@H](C)[C@@H](O)[C@H]1C(=O)N[C@@H](CC)C(=O)N(C)C(C(=O)OC)C(=O)N(C)[C@@H](CC(C)(C)OC)C(=O)N[C@@H](C(C)C)C(=O)N(C)[C@@H](CC(C)C)C(=O)N[C@@H](C)C(=O)N[C@H](C)C(=O)N(C)[C@@H](CC(C)C)C(=O)N(C)[C@@H](CC(C)C)C(=O)N(C)[C@@H](C(C)C)C(=O)N1C. The number of hydrogen-bond acceptors (Lipinski definition) is 15. The normalized spacial score (nSPS) is 26.8. The second-order valence-electron chi connectivity index (χ2n) is 27.3. The number of nitrogens with zero attached hydrogens (tertiary/aromatic N) is 7. The molecule has 1 saturated heterocycles. The van der Waals surface area contributed by atoms with Gasteiger partial charge in [0.25, 0.3) is 5.91 Å². The van der Waals surface area contributed by atoms with Crippen molar-refractivity contribution in [2.75, 3.05) is 63.6 Å². The number of likely N-dealkylation sites (N-methyl/N-ethyl adjacent to an activating group) is 7. The molecule has 0 radical (unpaired) electrons. The molecule has 5 N–H and O–H groups in total. The van der Waals surface area contributed by atoms with Crippen LogP contribution in [0.1, 0.15) is 156 Å². The summed E-state index contributed by atoms with van der Waals surface area (Å²) in [5.41, 5.74) is -1.15. The van der Waals surface area contributed by atoms with Crippen molar-refractivity contribution in [3.05, 3.63) is 12.2 Å². The van der Waals surface area contributed by atoms with E-state index in [0.717, 1.165) is 28.9 Å². The van der Waals surface area contributed by atoms with E-state index in [9.17, 15) is 38.7 Å². The Morgan fingerprint density at radius 3 is 1.41 bits per heavy atom. The fourth-order valence-corrected chi connectivity index (χ4v) is 11.2.